The molecule has 0 aromatic heterocycles. The van der Waals surface area contributed by atoms with E-state index in [1.807, 2.05) is 0 Å². The van der Waals surface area contributed by atoms with Crippen molar-refractivity contribution in [2.75, 3.05) is 6.61 Å². The summed E-state index contributed by atoms with van der Waals surface area (Å²) in [4.78, 5) is 21.1. The molecule has 0 aliphatic carbocycles. The lowest BCUT2D eigenvalue weighted by Crippen LogP contribution is -2.24. The van der Waals surface area contributed by atoms with E-state index >= 15 is 0 Å². The Labute approximate surface area is 108 Å². The van der Waals surface area contributed by atoms with Crippen LogP contribution in [0, 0.1) is 0 Å². The second-order valence-corrected chi connectivity index (χ2v) is 4.04. The lowest BCUT2D eigenvalue weighted by Gasteiger charge is -2.12. The zero-order chi connectivity index (χ0) is 13.1. The third-order valence-corrected chi connectivity index (χ3v) is 2.45. The van der Waals surface area contributed by atoms with E-state index in [2.05, 4.69) is 6.92 Å². The van der Waals surface area contributed by atoms with Gasteiger partial charge >= 0.3 is 11.9 Å². The average Bonchev–Trinajstić information content (AvgIpc) is 2.25. The number of rotatable bonds is 11. The maximum atomic E-state index is 10.8. The Morgan fingerprint density at radius 1 is 1.11 bits per heavy atom. The third kappa shape index (κ3) is 11.3. The molecule has 0 radical (unpaired) electrons. The Bertz CT molecular complexity index is 233. The smallest absolute Gasteiger partial charge is 0.332 e. The van der Waals surface area contributed by atoms with Crippen molar-refractivity contribution in [2.45, 2.75) is 58.0 Å². The van der Waals surface area contributed by atoms with E-state index in [-0.39, 0.29) is 19.0 Å². The number of hydrogen-bond acceptors (Lipinski definition) is 4. The summed E-state index contributed by atoms with van der Waals surface area (Å²) in [7, 11) is 0. The molecule has 0 aliphatic rings. The molecule has 0 bridgehead atoms. The number of carboxylic acids is 2. The predicted molar refractivity (Wildman–Crippen MR) is 68.0 cm³/mol. The van der Waals surface area contributed by atoms with Gasteiger partial charge in [0.15, 0.2) is 6.10 Å². The summed E-state index contributed by atoms with van der Waals surface area (Å²) < 4.78 is 5.24. The molecule has 1 unspecified atom stereocenters. The molecule has 5 N–H and O–H groups in total. The fourth-order valence-corrected chi connectivity index (χ4v) is 1.47. The molecule has 0 aromatic rings. The highest BCUT2D eigenvalue weighted by atomic mass is 16.5. The van der Waals surface area contributed by atoms with Crippen molar-refractivity contribution in [2.24, 2.45) is 0 Å². The summed E-state index contributed by atoms with van der Waals surface area (Å²) in [5, 5.41) is 17.3. The van der Waals surface area contributed by atoms with Gasteiger partial charge in [-0.2, -0.15) is 0 Å². The molecule has 18 heavy (non-hydrogen) atoms. The summed E-state index contributed by atoms with van der Waals surface area (Å²) >= 11 is 0. The first-order valence-corrected chi connectivity index (χ1v) is 6.14. The highest BCUT2D eigenvalue weighted by molar-refractivity contribution is 5.72. The van der Waals surface area contributed by atoms with Gasteiger partial charge in [0.25, 0.3) is 0 Å². The van der Waals surface area contributed by atoms with E-state index in [9.17, 15) is 9.59 Å². The van der Waals surface area contributed by atoms with Crippen LogP contribution < -0.4 is 6.15 Å². The molecule has 0 saturated carbocycles. The first-order valence-electron chi connectivity index (χ1n) is 6.14. The SMILES string of the molecule is CCCCCCOC(CCCC(=O)O)C(=O)O.N. The van der Waals surface area contributed by atoms with Crippen LogP contribution in [0.2, 0.25) is 0 Å². The zero-order valence-electron chi connectivity index (χ0n) is 11.1. The summed E-state index contributed by atoms with van der Waals surface area (Å²) in [6.45, 7) is 2.54. The van der Waals surface area contributed by atoms with Gasteiger partial charge in [0.1, 0.15) is 0 Å². The molecular weight excluding hydrogens is 238 g/mol. The maximum Gasteiger partial charge on any atom is 0.332 e. The minimum absolute atomic E-state index is 0. The molecule has 6 heteroatoms. The molecule has 0 heterocycles. The molecular formula is C12H25NO5. The van der Waals surface area contributed by atoms with Crippen molar-refractivity contribution in [1.29, 1.82) is 0 Å². The van der Waals surface area contributed by atoms with E-state index in [0.717, 1.165) is 25.7 Å². The van der Waals surface area contributed by atoms with Gasteiger partial charge in [0, 0.05) is 13.0 Å². The summed E-state index contributed by atoms with van der Waals surface area (Å²) in [6.07, 6.45) is 3.87. The number of carboxylic acid groups (broad SMARTS) is 2. The van der Waals surface area contributed by atoms with Gasteiger partial charge in [-0.25, -0.2) is 4.79 Å². The maximum absolute atomic E-state index is 10.8. The fourth-order valence-electron chi connectivity index (χ4n) is 1.47. The molecule has 0 spiro atoms. The Morgan fingerprint density at radius 2 is 1.78 bits per heavy atom. The number of hydrogen-bond donors (Lipinski definition) is 3. The largest absolute Gasteiger partial charge is 0.481 e. The third-order valence-electron chi connectivity index (χ3n) is 2.45. The number of aliphatic carboxylic acids is 2. The Hall–Kier alpha value is -1.14. The second kappa shape index (κ2) is 12.3. The topological polar surface area (TPSA) is 119 Å². The Kier molecular flexibility index (Phi) is 13.1. The van der Waals surface area contributed by atoms with E-state index in [1.54, 1.807) is 0 Å². The first-order chi connectivity index (χ1) is 8.07. The molecule has 0 fully saturated rings. The van der Waals surface area contributed by atoms with Crippen molar-refractivity contribution in [3.05, 3.63) is 0 Å². The van der Waals surface area contributed by atoms with Crippen LogP contribution in [-0.2, 0) is 14.3 Å². The summed E-state index contributed by atoms with van der Waals surface area (Å²) in [6, 6.07) is 0. The summed E-state index contributed by atoms with van der Waals surface area (Å²) in [5.74, 6) is -1.91. The highest BCUT2D eigenvalue weighted by Crippen LogP contribution is 2.08. The van der Waals surface area contributed by atoms with E-state index in [4.69, 9.17) is 14.9 Å². The normalized spacial score (nSPS) is 11.6. The molecule has 0 aliphatic heterocycles. The van der Waals surface area contributed by atoms with Crippen LogP contribution in [0.15, 0.2) is 0 Å². The van der Waals surface area contributed by atoms with Crippen molar-refractivity contribution < 1.29 is 24.5 Å². The van der Waals surface area contributed by atoms with Gasteiger partial charge in [0.05, 0.1) is 0 Å². The van der Waals surface area contributed by atoms with Crippen LogP contribution in [0.1, 0.15) is 51.9 Å². The molecule has 1 atom stereocenters. The molecule has 6 nitrogen and oxygen atoms in total. The fraction of sp³-hybridized carbons (Fsp3) is 0.833. The van der Waals surface area contributed by atoms with Crippen LogP contribution in [0.3, 0.4) is 0 Å². The Balaban J connectivity index is 0. The highest BCUT2D eigenvalue weighted by Gasteiger charge is 2.17. The van der Waals surface area contributed by atoms with Gasteiger partial charge in [-0.15, -0.1) is 0 Å². The second-order valence-electron chi connectivity index (χ2n) is 4.04. The van der Waals surface area contributed by atoms with Crippen molar-refractivity contribution in [3.8, 4) is 0 Å². The average molecular weight is 263 g/mol. The van der Waals surface area contributed by atoms with Crippen LogP contribution >= 0.6 is 0 Å². The minimum Gasteiger partial charge on any atom is -0.481 e. The zero-order valence-corrected chi connectivity index (χ0v) is 11.1. The quantitative estimate of drug-likeness (QED) is 0.492. The van der Waals surface area contributed by atoms with Crippen LogP contribution in [0.4, 0.5) is 0 Å². The lowest BCUT2D eigenvalue weighted by molar-refractivity contribution is -0.151. The van der Waals surface area contributed by atoms with Gasteiger partial charge in [0.2, 0.25) is 0 Å². The van der Waals surface area contributed by atoms with Gasteiger partial charge < -0.3 is 21.1 Å². The van der Waals surface area contributed by atoms with Crippen LogP contribution in [-0.4, -0.2) is 34.9 Å². The summed E-state index contributed by atoms with van der Waals surface area (Å²) in [5.41, 5.74) is 0. The van der Waals surface area contributed by atoms with E-state index in [1.165, 1.54) is 0 Å². The number of carbonyl (C=O) groups is 2. The number of unbranched alkanes of at least 4 members (excludes halogenated alkanes) is 3. The predicted octanol–water partition coefficient (Wildman–Crippen LogP) is 2.45. The monoisotopic (exact) mass is 263 g/mol. The van der Waals surface area contributed by atoms with Gasteiger partial charge in [-0.1, -0.05) is 26.2 Å². The van der Waals surface area contributed by atoms with E-state index in [0.29, 0.717) is 13.0 Å². The minimum atomic E-state index is -1.01. The standard InChI is InChI=1S/C12H22O5.H3N/c1-2-3-4-5-9-17-10(12(15)16)7-6-8-11(13)14;/h10H,2-9H2,1H3,(H,13,14)(H,15,16);1H3. The molecule has 0 amide bonds. The molecule has 0 saturated heterocycles. The van der Waals surface area contributed by atoms with Crippen LogP contribution in [0.5, 0.6) is 0 Å². The number of ether oxygens (including phenoxy) is 1. The van der Waals surface area contributed by atoms with Crippen molar-refractivity contribution >= 4 is 11.9 Å². The molecule has 0 aromatic carbocycles. The van der Waals surface area contributed by atoms with Gasteiger partial charge in [-0.3, -0.25) is 4.79 Å². The molecule has 0 rings (SSSR count). The van der Waals surface area contributed by atoms with E-state index < -0.39 is 18.0 Å². The molecule has 108 valence electrons. The van der Waals surface area contributed by atoms with Crippen molar-refractivity contribution in [1.82, 2.24) is 6.15 Å². The first kappa shape index (κ1) is 19.2. The Morgan fingerprint density at radius 3 is 2.28 bits per heavy atom. The van der Waals surface area contributed by atoms with Crippen molar-refractivity contribution in [3.63, 3.8) is 0 Å². The van der Waals surface area contributed by atoms with Gasteiger partial charge in [-0.05, 0) is 19.3 Å². The lowest BCUT2D eigenvalue weighted by atomic mass is 10.1. The van der Waals surface area contributed by atoms with Crippen LogP contribution in [0.25, 0.3) is 0 Å².